The second kappa shape index (κ2) is 4.28. The van der Waals surface area contributed by atoms with Crippen LogP contribution in [0.3, 0.4) is 0 Å². The number of allylic oxidation sites excluding steroid dienone is 1. The lowest BCUT2D eigenvalue weighted by molar-refractivity contribution is -0.154. The standard InChI is InChI=1S/C16H14O4/c17-15-11-7-6-10-12(13(11)16(18)20-15)8-19-14(10)9-4-2-1-3-5-9/h1-6,11-14H,7-8H2/t11-,12+,13-,14+/m0/s1. The molecule has 0 radical (unpaired) electrons. The largest absolute Gasteiger partial charge is 0.393 e. The first-order valence-corrected chi connectivity index (χ1v) is 6.88. The Kier molecular flexibility index (Phi) is 2.54. The van der Waals surface area contributed by atoms with Gasteiger partial charge in [0.05, 0.1) is 18.4 Å². The summed E-state index contributed by atoms with van der Waals surface area (Å²) in [5, 5.41) is 0. The van der Waals surface area contributed by atoms with Crippen molar-refractivity contribution in [1.82, 2.24) is 0 Å². The Morgan fingerprint density at radius 2 is 1.80 bits per heavy atom. The van der Waals surface area contributed by atoms with Crippen LogP contribution in [0, 0.1) is 17.8 Å². The number of hydrogen-bond acceptors (Lipinski definition) is 4. The molecular formula is C16H14O4. The summed E-state index contributed by atoms with van der Waals surface area (Å²) in [5.74, 6) is -1.44. The number of ether oxygens (including phenoxy) is 2. The third-order valence-corrected chi connectivity index (χ3v) is 4.53. The molecule has 0 aromatic heterocycles. The number of rotatable bonds is 1. The highest BCUT2D eigenvalue weighted by molar-refractivity contribution is 5.97. The predicted octanol–water partition coefficient (Wildman–Crippen LogP) is 2.02. The van der Waals surface area contributed by atoms with Crippen LogP contribution in [0.1, 0.15) is 18.1 Å². The van der Waals surface area contributed by atoms with Gasteiger partial charge in [-0.3, -0.25) is 9.59 Å². The minimum Gasteiger partial charge on any atom is -0.393 e. The van der Waals surface area contributed by atoms with E-state index in [-0.39, 0.29) is 35.8 Å². The minimum absolute atomic E-state index is 0.0158. The van der Waals surface area contributed by atoms with Crippen molar-refractivity contribution in [2.75, 3.05) is 6.61 Å². The monoisotopic (exact) mass is 270 g/mol. The Labute approximate surface area is 116 Å². The van der Waals surface area contributed by atoms with E-state index in [1.165, 1.54) is 0 Å². The van der Waals surface area contributed by atoms with E-state index in [2.05, 4.69) is 6.08 Å². The van der Waals surface area contributed by atoms with Gasteiger partial charge in [0.15, 0.2) is 0 Å². The molecular weight excluding hydrogens is 256 g/mol. The summed E-state index contributed by atoms with van der Waals surface area (Å²) in [6, 6.07) is 9.97. The number of carbonyl (C=O) groups is 2. The van der Waals surface area contributed by atoms with Crippen molar-refractivity contribution in [3.05, 3.63) is 47.5 Å². The van der Waals surface area contributed by atoms with Crippen LogP contribution in [0.2, 0.25) is 0 Å². The van der Waals surface area contributed by atoms with Gasteiger partial charge < -0.3 is 9.47 Å². The van der Waals surface area contributed by atoms with Crippen LogP contribution in [-0.4, -0.2) is 18.5 Å². The highest BCUT2D eigenvalue weighted by Gasteiger charge is 2.54. The first-order chi connectivity index (χ1) is 9.75. The van der Waals surface area contributed by atoms with Gasteiger partial charge in [-0.1, -0.05) is 36.4 Å². The zero-order valence-corrected chi connectivity index (χ0v) is 10.8. The van der Waals surface area contributed by atoms with Gasteiger partial charge in [-0.25, -0.2) is 0 Å². The Morgan fingerprint density at radius 3 is 2.60 bits per heavy atom. The fraction of sp³-hybridized carbons (Fsp3) is 0.375. The maximum Gasteiger partial charge on any atom is 0.318 e. The summed E-state index contributed by atoms with van der Waals surface area (Å²) in [5.41, 5.74) is 2.22. The van der Waals surface area contributed by atoms with Crippen LogP contribution in [0.15, 0.2) is 42.0 Å². The summed E-state index contributed by atoms with van der Waals surface area (Å²) in [7, 11) is 0. The number of benzene rings is 1. The second-order valence-corrected chi connectivity index (χ2v) is 5.54. The van der Waals surface area contributed by atoms with Gasteiger partial charge in [0.1, 0.15) is 6.10 Å². The van der Waals surface area contributed by atoms with Gasteiger partial charge >= 0.3 is 11.9 Å². The molecule has 0 N–H and O–H groups in total. The molecule has 0 bridgehead atoms. The summed E-state index contributed by atoms with van der Waals surface area (Å²) >= 11 is 0. The second-order valence-electron chi connectivity index (χ2n) is 5.54. The zero-order chi connectivity index (χ0) is 13.7. The van der Waals surface area contributed by atoms with Gasteiger partial charge in [0.25, 0.3) is 0 Å². The van der Waals surface area contributed by atoms with E-state index in [4.69, 9.17) is 9.47 Å². The molecule has 4 atom stereocenters. The Balaban J connectivity index is 1.70. The molecule has 0 amide bonds. The first kappa shape index (κ1) is 11.9. The van der Waals surface area contributed by atoms with Crippen molar-refractivity contribution in [2.45, 2.75) is 12.5 Å². The van der Waals surface area contributed by atoms with E-state index in [1.807, 2.05) is 30.3 Å². The molecule has 3 aliphatic rings. The Morgan fingerprint density at radius 1 is 1.00 bits per heavy atom. The van der Waals surface area contributed by atoms with Crippen molar-refractivity contribution >= 4 is 11.9 Å². The van der Waals surface area contributed by atoms with Crippen molar-refractivity contribution < 1.29 is 19.1 Å². The first-order valence-electron chi connectivity index (χ1n) is 6.88. The molecule has 1 aromatic rings. The molecule has 0 spiro atoms. The van der Waals surface area contributed by atoms with Crippen molar-refractivity contribution in [1.29, 1.82) is 0 Å². The van der Waals surface area contributed by atoms with E-state index in [1.54, 1.807) is 0 Å². The number of hydrogen-bond donors (Lipinski definition) is 0. The number of cyclic esters (lactones) is 2. The molecule has 4 heteroatoms. The number of esters is 2. The van der Waals surface area contributed by atoms with Crippen LogP contribution in [0.4, 0.5) is 0 Å². The molecule has 0 saturated carbocycles. The third-order valence-electron chi connectivity index (χ3n) is 4.53. The van der Waals surface area contributed by atoms with Gasteiger partial charge in [-0.2, -0.15) is 0 Å². The fourth-order valence-electron chi connectivity index (χ4n) is 3.58. The number of fused-ring (bicyclic) bond motifs is 3. The number of carbonyl (C=O) groups excluding carboxylic acids is 2. The normalized spacial score (nSPS) is 35.3. The lowest BCUT2D eigenvalue weighted by Gasteiger charge is -2.25. The molecule has 2 fully saturated rings. The lowest BCUT2D eigenvalue weighted by Crippen LogP contribution is -2.30. The van der Waals surface area contributed by atoms with Crippen LogP contribution in [0.25, 0.3) is 0 Å². The molecule has 4 nitrogen and oxygen atoms in total. The summed E-state index contributed by atoms with van der Waals surface area (Å²) in [6.07, 6.45) is 2.55. The van der Waals surface area contributed by atoms with Crippen molar-refractivity contribution in [3.8, 4) is 0 Å². The van der Waals surface area contributed by atoms with Gasteiger partial charge in [-0.05, 0) is 17.6 Å². The van der Waals surface area contributed by atoms with Crippen LogP contribution in [-0.2, 0) is 19.1 Å². The van der Waals surface area contributed by atoms with Gasteiger partial charge in [0.2, 0.25) is 0 Å². The SMILES string of the molecule is O=C1OC(=O)[C@H]2CC=C3[C@@H](CO[C@@H]3c3ccccc3)[C@@H]12. The molecule has 1 aromatic carbocycles. The zero-order valence-electron chi connectivity index (χ0n) is 10.8. The summed E-state index contributed by atoms with van der Waals surface area (Å²) in [6.45, 7) is 0.481. The van der Waals surface area contributed by atoms with E-state index < -0.39 is 0 Å². The average molecular weight is 270 g/mol. The molecule has 102 valence electrons. The quantitative estimate of drug-likeness (QED) is 0.445. The van der Waals surface area contributed by atoms with Gasteiger partial charge in [-0.15, -0.1) is 0 Å². The molecule has 4 rings (SSSR count). The van der Waals surface area contributed by atoms with E-state index in [0.717, 1.165) is 11.1 Å². The highest BCUT2D eigenvalue weighted by Crippen LogP contribution is 2.49. The van der Waals surface area contributed by atoms with E-state index >= 15 is 0 Å². The maximum absolute atomic E-state index is 11.9. The summed E-state index contributed by atoms with van der Waals surface area (Å²) in [4.78, 5) is 23.5. The van der Waals surface area contributed by atoms with Gasteiger partial charge in [0, 0.05) is 5.92 Å². The lowest BCUT2D eigenvalue weighted by atomic mass is 9.72. The van der Waals surface area contributed by atoms with E-state index in [9.17, 15) is 9.59 Å². The molecule has 20 heavy (non-hydrogen) atoms. The maximum atomic E-state index is 11.9. The average Bonchev–Trinajstić information content (AvgIpc) is 3.01. The molecule has 1 aliphatic carbocycles. The molecule has 2 saturated heterocycles. The molecule has 0 unspecified atom stereocenters. The highest BCUT2D eigenvalue weighted by atomic mass is 16.6. The molecule has 2 heterocycles. The third kappa shape index (κ3) is 1.58. The van der Waals surface area contributed by atoms with E-state index in [0.29, 0.717) is 13.0 Å². The topological polar surface area (TPSA) is 52.6 Å². The van der Waals surface area contributed by atoms with Crippen molar-refractivity contribution in [3.63, 3.8) is 0 Å². The smallest absolute Gasteiger partial charge is 0.318 e. The predicted molar refractivity (Wildman–Crippen MR) is 69.4 cm³/mol. The molecule has 2 aliphatic heterocycles. The Hall–Kier alpha value is -1.94. The van der Waals surface area contributed by atoms with Crippen LogP contribution >= 0.6 is 0 Å². The minimum atomic E-state index is -0.382. The Bertz CT molecular complexity index is 604. The van der Waals surface area contributed by atoms with Crippen LogP contribution < -0.4 is 0 Å². The summed E-state index contributed by atoms with van der Waals surface area (Å²) < 4.78 is 10.7. The fourth-order valence-corrected chi connectivity index (χ4v) is 3.58. The van der Waals surface area contributed by atoms with Crippen LogP contribution in [0.5, 0.6) is 0 Å². The van der Waals surface area contributed by atoms with Crippen molar-refractivity contribution in [2.24, 2.45) is 17.8 Å².